The first-order valence-electron chi connectivity index (χ1n) is 4.05. The minimum absolute atomic E-state index is 0.622. The summed E-state index contributed by atoms with van der Waals surface area (Å²) in [7, 11) is -8.30. The fourth-order valence-corrected chi connectivity index (χ4v) is 2.41. The lowest BCUT2D eigenvalue weighted by Gasteiger charge is -2.16. The van der Waals surface area contributed by atoms with Crippen molar-refractivity contribution in [2.24, 2.45) is 0 Å². The lowest BCUT2D eigenvalue weighted by molar-refractivity contribution is 0.0322. The van der Waals surface area contributed by atoms with Gasteiger partial charge in [0, 0.05) is 0 Å². The molecule has 0 spiro atoms. The molecule has 0 aliphatic carbocycles. The molecule has 0 saturated heterocycles. The summed E-state index contributed by atoms with van der Waals surface area (Å²) >= 11 is 0. The highest BCUT2D eigenvalue weighted by Crippen LogP contribution is 2.03. The van der Waals surface area contributed by atoms with Crippen LogP contribution in [0.25, 0.3) is 0 Å². The van der Waals surface area contributed by atoms with Gasteiger partial charge in [-0.2, -0.15) is 16.8 Å². The zero-order valence-corrected chi connectivity index (χ0v) is 9.95. The maximum Gasteiger partial charge on any atom is 0.267 e. The van der Waals surface area contributed by atoms with E-state index in [1.165, 1.54) is 13.8 Å². The van der Waals surface area contributed by atoms with Gasteiger partial charge < -0.3 is 4.74 Å². The van der Waals surface area contributed by atoms with Crippen molar-refractivity contribution in [3.63, 3.8) is 0 Å². The molecule has 15 heavy (non-hydrogen) atoms. The van der Waals surface area contributed by atoms with Crippen LogP contribution in [0.1, 0.15) is 13.8 Å². The van der Waals surface area contributed by atoms with Gasteiger partial charge in [0.25, 0.3) is 20.2 Å². The van der Waals surface area contributed by atoms with Crippen LogP contribution >= 0.6 is 0 Å². The van der Waals surface area contributed by atoms with Gasteiger partial charge in [-0.1, -0.05) is 0 Å². The van der Waals surface area contributed by atoms with Gasteiger partial charge in [-0.05, 0) is 13.8 Å². The second kappa shape index (κ2) is 5.21. The second-order valence-corrected chi connectivity index (χ2v) is 6.25. The van der Waals surface area contributed by atoms with Gasteiger partial charge in [0.05, 0.1) is 12.2 Å². The van der Waals surface area contributed by atoms with Gasteiger partial charge >= 0.3 is 0 Å². The average molecular weight is 262 g/mol. The van der Waals surface area contributed by atoms with Crippen LogP contribution in [0.5, 0.6) is 0 Å². The van der Waals surface area contributed by atoms with Crippen molar-refractivity contribution in [2.45, 2.75) is 26.1 Å². The normalized spacial score (nSPS) is 17.3. The standard InChI is InChI=1S/C6H14O7S2/c1-5(3-14(7,8)9)13-6(2)4-15(10,11)12/h5-6H,3-4H2,1-2H3,(H,7,8,9)(H,10,11,12). The van der Waals surface area contributed by atoms with E-state index in [0.29, 0.717) is 0 Å². The lowest BCUT2D eigenvalue weighted by atomic mass is 10.4. The van der Waals surface area contributed by atoms with E-state index in [4.69, 9.17) is 13.8 Å². The minimum atomic E-state index is -4.15. The quantitative estimate of drug-likeness (QED) is 0.622. The molecule has 0 amide bonds. The molecular weight excluding hydrogens is 248 g/mol. The number of rotatable bonds is 6. The molecule has 0 bridgehead atoms. The Bertz CT molecular complexity index is 344. The summed E-state index contributed by atoms with van der Waals surface area (Å²) in [5.74, 6) is -1.24. The van der Waals surface area contributed by atoms with E-state index in [2.05, 4.69) is 0 Å². The van der Waals surface area contributed by atoms with E-state index in [0.717, 1.165) is 0 Å². The predicted molar refractivity (Wildman–Crippen MR) is 52.8 cm³/mol. The van der Waals surface area contributed by atoms with Gasteiger partial charge in [0.1, 0.15) is 11.5 Å². The van der Waals surface area contributed by atoms with Gasteiger partial charge in [0.15, 0.2) is 0 Å². The van der Waals surface area contributed by atoms with Crippen molar-refractivity contribution in [1.82, 2.24) is 0 Å². The van der Waals surface area contributed by atoms with E-state index < -0.39 is 43.9 Å². The molecule has 2 atom stereocenters. The Morgan fingerprint density at radius 3 is 1.40 bits per heavy atom. The minimum Gasteiger partial charge on any atom is -0.373 e. The largest absolute Gasteiger partial charge is 0.373 e. The second-order valence-electron chi connectivity index (χ2n) is 3.25. The Kier molecular flexibility index (Phi) is 5.14. The van der Waals surface area contributed by atoms with Crippen molar-refractivity contribution < 1.29 is 30.7 Å². The number of ether oxygens (including phenoxy) is 1. The Balaban J connectivity index is 4.14. The van der Waals surface area contributed by atoms with Crippen LogP contribution < -0.4 is 0 Å². The zero-order valence-electron chi connectivity index (χ0n) is 8.32. The topological polar surface area (TPSA) is 118 Å². The third kappa shape index (κ3) is 10.1. The Morgan fingerprint density at radius 2 is 1.20 bits per heavy atom. The molecule has 7 nitrogen and oxygen atoms in total. The van der Waals surface area contributed by atoms with Crippen molar-refractivity contribution >= 4 is 20.2 Å². The molecule has 0 aromatic carbocycles. The van der Waals surface area contributed by atoms with Crippen LogP contribution in [0.3, 0.4) is 0 Å². The molecular formula is C6H14O7S2. The van der Waals surface area contributed by atoms with Crippen molar-refractivity contribution in [3.8, 4) is 0 Å². The SMILES string of the molecule is CC(CS(=O)(=O)O)OC(C)CS(=O)(=O)O. The summed E-state index contributed by atoms with van der Waals surface area (Å²) < 4.78 is 63.5. The summed E-state index contributed by atoms with van der Waals surface area (Å²) in [6.45, 7) is 2.74. The molecule has 0 rings (SSSR count). The summed E-state index contributed by atoms with van der Waals surface area (Å²) in [6.07, 6.45) is -1.70. The molecule has 0 aromatic rings. The predicted octanol–water partition coefficient (Wildman–Crippen LogP) is -0.444. The van der Waals surface area contributed by atoms with Crippen molar-refractivity contribution in [2.75, 3.05) is 11.5 Å². The molecule has 0 aliphatic heterocycles. The van der Waals surface area contributed by atoms with Crippen LogP contribution in [0.2, 0.25) is 0 Å². The molecule has 0 radical (unpaired) electrons. The summed E-state index contributed by atoms with van der Waals surface area (Å²) in [6, 6.07) is 0. The van der Waals surface area contributed by atoms with E-state index in [-0.39, 0.29) is 0 Å². The monoisotopic (exact) mass is 262 g/mol. The van der Waals surface area contributed by atoms with E-state index in [9.17, 15) is 16.8 Å². The van der Waals surface area contributed by atoms with Crippen LogP contribution in [0, 0.1) is 0 Å². The highest BCUT2D eigenvalue weighted by atomic mass is 32.2. The maximum absolute atomic E-state index is 10.4. The Hall–Kier alpha value is -0.220. The summed E-state index contributed by atoms with van der Waals surface area (Å²) in [5, 5.41) is 0. The van der Waals surface area contributed by atoms with Gasteiger partial charge in [-0.3, -0.25) is 9.11 Å². The third-order valence-electron chi connectivity index (χ3n) is 1.36. The average Bonchev–Trinajstić information content (AvgIpc) is 1.73. The van der Waals surface area contributed by atoms with Crippen LogP contribution in [-0.4, -0.2) is 49.7 Å². The molecule has 0 aromatic heterocycles. The number of hydrogen-bond acceptors (Lipinski definition) is 5. The highest BCUT2D eigenvalue weighted by molar-refractivity contribution is 7.86. The van der Waals surface area contributed by atoms with Gasteiger partial charge in [-0.15, -0.1) is 0 Å². The first kappa shape index (κ1) is 14.8. The van der Waals surface area contributed by atoms with Gasteiger partial charge in [-0.25, -0.2) is 0 Å². The highest BCUT2D eigenvalue weighted by Gasteiger charge is 2.19. The fourth-order valence-electron chi connectivity index (χ4n) is 1.07. The van der Waals surface area contributed by atoms with Crippen LogP contribution in [0.15, 0.2) is 0 Å². The van der Waals surface area contributed by atoms with E-state index in [1.807, 2.05) is 0 Å². The first-order valence-corrected chi connectivity index (χ1v) is 7.27. The summed E-state index contributed by atoms with van der Waals surface area (Å²) in [5.41, 5.74) is 0. The van der Waals surface area contributed by atoms with Crippen LogP contribution in [-0.2, 0) is 25.0 Å². The van der Waals surface area contributed by atoms with Crippen LogP contribution in [0.4, 0.5) is 0 Å². The van der Waals surface area contributed by atoms with E-state index in [1.54, 1.807) is 0 Å². The lowest BCUT2D eigenvalue weighted by Crippen LogP contribution is -2.29. The van der Waals surface area contributed by atoms with E-state index >= 15 is 0 Å². The van der Waals surface area contributed by atoms with Crippen molar-refractivity contribution in [3.05, 3.63) is 0 Å². The Morgan fingerprint density at radius 1 is 0.933 bits per heavy atom. The first-order chi connectivity index (χ1) is 6.49. The molecule has 0 aliphatic rings. The third-order valence-corrected chi connectivity index (χ3v) is 3.14. The molecule has 2 N–H and O–H groups in total. The number of hydrogen-bond donors (Lipinski definition) is 2. The molecule has 0 heterocycles. The maximum atomic E-state index is 10.4. The fraction of sp³-hybridized carbons (Fsp3) is 1.00. The van der Waals surface area contributed by atoms with Gasteiger partial charge in [0.2, 0.25) is 0 Å². The molecule has 9 heteroatoms. The summed E-state index contributed by atoms with van der Waals surface area (Å²) in [4.78, 5) is 0. The molecule has 92 valence electrons. The molecule has 0 saturated carbocycles. The smallest absolute Gasteiger partial charge is 0.267 e. The zero-order chi connectivity index (χ0) is 12.3. The Labute approximate surface area is 88.9 Å². The van der Waals surface area contributed by atoms with Crippen molar-refractivity contribution in [1.29, 1.82) is 0 Å². The molecule has 2 unspecified atom stereocenters. The molecule has 0 fully saturated rings.